The molecule has 1 aliphatic rings. The average molecular weight is 508 g/mol. The Morgan fingerprint density at radius 3 is 2.51 bits per heavy atom. The Kier molecular flexibility index (Phi) is 6.24. The zero-order valence-corrected chi connectivity index (χ0v) is 20.7. The van der Waals surface area contributed by atoms with Gasteiger partial charge in [-0.05, 0) is 57.0 Å². The molecule has 3 N–H and O–H groups in total. The molecule has 0 unspecified atom stereocenters. The fourth-order valence-corrected chi connectivity index (χ4v) is 4.62. The van der Waals surface area contributed by atoms with Gasteiger partial charge in [-0.15, -0.1) is 0 Å². The Hall–Kier alpha value is -4.12. The second-order valence-electron chi connectivity index (χ2n) is 9.54. The van der Waals surface area contributed by atoms with Crippen molar-refractivity contribution in [3.8, 4) is 5.69 Å². The molecule has 0 saturated carbocycles. The molecule has 4 aromatic rings. The highest BCUT2D eigenvalue weighted by Crippen LogP contribution is 2.38. The van der Waals surface area contributed by atoms with Gasteiger partial charge in [0.15, 0.2) is 11.6 Å². The largest absolute Gasteiger partial charge is 0.368 e. The average Bonchev–Trinajstić information content (AvgIpc) is 3.47. The van der Waals surface area contributed by atoms with Gasteiger partial charge in [-0.1, -0.05) is 6.07 Å². The molecule has 2 aromatic heterocycles. The number of nitrogens with two attached hydrogens (primary N) is 1. The Morgan fingerprint density at radius 1 is 1.14 bits per heavy atom. The molecule has 1 fully saturated rings. The summed E-state index contributed by atoms with van der Waals surface area (Å²) in [5, 5.41) is 12.5. The molecule has 1 amide bonds. The number of anilines is 2. The number of nitrogens with one attached hydrogen (secondary N) is 1. The molecule has 0 bridgehead atoms. The number of nitrogens with zero attached hydrogens (tertiary/aromatic N) is 5. The van der Waals surface area contributed by atoms with Crippen LogP contribution in [0.5, 0.6) is 0 Å². The van der Waals surface area contributed by atoms with E-state index in [1.807, 2.05) is 37.7 Å². The third-order valence-corrected chi connectivity index (χ3v) is 6.48. The summed E-state index contributed by atoms with van der Waals surface area (Å²) < 4.78 is 31.1. The second kappa shape index (κ2) is 9.40. The van der Waals surface area contributed by atoms with Crippen molar-refractivity contribution < 1.29 is 13.6 Å². The highest BCUT2D eigenvalue weighted by molar-refractivity contribution is 6.09. The highest BCUT2D eigenvalue weighted by Gasteiger charge is 2.27. The summed E-state index contributed by atoms with van der Waals surface area (Å²) in [6.45, 7) is 7.31. The number of rotatable bonds is 5. The van der Waals surface area contributed by atoms with E-state index in [1.54, 1.807) is 0 Å². The maximum absolute atomic E-state index is 14.3. The van der Waals surface area contributed by atoms with Crippen molar-refractivity contribution in [2.75, 3.05) is 23.3 Å². The molecule has 9 nitrogen and oxygen atoms in total. The van der Waals surface area contributed by atoms with Crippen LogP contribution in [0.1, 0.15) is 42.4 Å². The highest BCUT2D eigenvalue weighted by atomic mass is 19.1. The fourth-order valence-electron chi connectivity index (χ4n) is 4.62. The first kappa shape index (κ1) is 24.6. The normalized spacial score (nSPS) is 15.6. The minimum absolute atomic E-state index is 0.000868. The second-order valence-corrected chi connectivity index (χ2v) is 9.54. The monoisotopic (exact) mass is 507 g/mol. The van der Waals surface area contributed by atoms with Gasteiger partial charge in [0.25, 0.3) is 11.5 Å². The molecule has 0 spiro atoms. The van der Waals surface area contributed by atoms with Gasteiger partial charge >= 0.3 is 0 Å². The van der Waals surface area contributed by atoms with Gasteiger partial charge < -0.3 is 16.0 Å². The van der Waals surface area contributed by atoms with Crippen LogP contribution in [0.25, 0.3) is 16.6 Å². The van der Waals surface area contributed by atoms with E-state index < -0.39 is 28.8 Å². The summed E-state index contributed by atoms with van der Waals surface area (Å²) in [7, 11) is 0. The molecule has 1 atom stereocenters. The van der Waals surface area contributed by atoms with Crippen LogP contribution in [0.15, 0.2) is 47.4 Å². The summed E-state index contributed by atoms with van der Waals surface area (Å²) in [6, 6.07) is 7.47. The van der Waals surface area contributed by atoms with Crippen molar-refractivity contribution in [1.82, 2.24) is 19.6 Å². The molecule has 1 aliphatic heterocycles. The molecular formula is C26H27F2N7O2. The molecular weight excluding hydrogens is 480 g/mol. The fraction of sp³-hybridized carbons (Fsp3) is 0.308. The van der Waals surface area contributed by atoms with E-state index in [2.05, 4.69) is 15.3 Å². The maximum atomic E-state index is 14.3. The maximum Gasteiger partial charge on any atom is 0.276 e. The molecule has 2 aromatic carbocycles. The van der Waals surface area contributed by atoms with E-state index >= 15 is 0 Å². The molecule has 37 heavy (non-hydrogen) atoms. The van der Waals surface area contributed by atoms with Crippen LogP contribution in [0, 0.1) is 18.6 Å². The lowest BCUT2D eigenvalue weighted by molar-refractivity contribution is 0.102. The van der Waals surface area contributed by atoms with Crippen molar-refractivity contribution in [1.29, 1.82) is 0 Å². The molecule has 192 valence electrons. The number of carbonyl (C=O) groups is 1. The number of amides is 1. The van der Waals surface area contributed by atoms with E-state index in [0.29, 0.717) is 23.5 Å². The van der Waals surface area contributed by atoms with Gasteiger partial charge in [-0.25, -0.2) is 8.78 Å². The summed E-state index contributed by atoms with van der Waals surface area (Å²) in [5.41, 5.74) is 7.60. The first-order chi connectivity index (χ1) is 17.6. The zero-order valence-electron chi connectivity index (χ0n) is 20.7. The van der Waals surface area contributed by atoms with Crippen molar-refractivity contribution in [3.05, 3.63) is 75.8 Å². The van der Waals surface area contributed by atoms with E-state index in [0.717, 1.165) is 46.8 Å². The predicted octanol–water partition coefficient (Wildman–Crippen LogP) is 3.54. The lowest BCUT2D eigenvalue weighted by Crippen LogP contribution is -2.28. The third kappa shape index (κ3) is 4.46. The van der Waals surface area contributed by atoms with E-state index in [9.17, 15) is 18.4 Å². The van der Waals surface area contributed by atoms with E-state index in [-0.39, 0.29) is 17.8 Å². The molecule has 1 saturated heterocycles. The number of hydrogen-bond acceptors (Lipinski definition) is 6. The van der Waals surface area contributed by atoms with Gasteiger partial charge in [0.1, 0.15) is 11.4 Å². The summed E-state index contributed by atoms with van der Waals surface area (Å²) in [4.78, 5) is 27.8. The molecule has 0 radical (unpaired) electrons. The Morgan fingerprint density at radius 2 is 1.86 bits per heavy atom. The number of aryl methyl sites for hydroxylation is 1. The topological polar surface area (TPSA) is 111 Å². The number of benzene rings is 2. The lowest BCUT2D eigenvalue weighted by atomic mass is 10.1. The number of aromatic nitrogens is 4. The zero-order chi connectivity index (χ0) is 26.4. The standard InChI is InChI=1S/C26H27F2N7O2/c1-14(2)34-13-17-23(32-34)15(3)11-21(24(17)33-10-9-16(29)12-33)30-26(37)20-7-8-22(36)35(31-20)25-18(27)5-4-6-19(25)28/h4-8,11,13-14,16H,9-10,12,29H2,1-3H3,(H,30,37)/t16-/m1/s1. The molecule has 5 rings (SSSR count). The Balaban J connectivity index is 1.59. The predicted molar refractivity (Wildman–Crippen MR) is 137 cm³/mol. The number of carbonyl (C=O) groups excluding carboxylic acids is 1. The van der Waals surface area contributed by atoms with Crippen molar-refractivity contribution in [2.24, 2.45) is 5.73 Å². The Bertz CT molecular complexity index is 1560. The van der Waals surface area contributed by atoms with E-state index in [1.165, 1.54) is 12.1 Å². The van der Waals surface area contributed by atoms with Crippen molar-refractivity contribution in [2.45, 2.75) is 39.3 Å². The number of fused-ring (bicyclic) bond motifs is 1. The van der Waals surface area contributed by atoms with E-state index in [4.69, 9.17) is 10.8 Å². The lowest BCUT2D eigenvalue weighted by Gasteiger charge is -2.23. The summed E-state index contributed by atoms with van der Waals surface area (Å²) in [6.07, 6.45) is 2.77. The number of hydrogen-bond donors (Lipinski definition) is 2. The van der Waals surface area contributed by atoms with Crippen molar-refractivity contribution in [3.63, 3.8) is 0 Å². The number of para-hydroxylation sites is 1. The molecule has 3 heterocycles. The van der Waals surface area contributed by atoms with Gasteiger partial charge in [-0.2, -0.15) is 14.9 Å². The molecule has 0 aliphatic carbocycles. The SMILES string of the molecule is Cc1cc(NC(=O)c2ccc(=O)n(-c3c(F)cccc3F)n2)c(N2CC[C@@H](N)C2)c2cn(C(C)C)nc12. The van der Waals surface area contributed by atoms with Crippen LogP contribution in [0.3, 0.4) is 0 Å². The van der Waals surface area contributed by atoms with Crippen LogP contribution in [0.4, 0.5) is 20.2 Å². The van der Waals surface area contributed by atoms with Crippen LogP contribution in [0.2, 0.25) is 0 Å². The van der Waals surface area contributed by atoms with Crippen LogP contribution < -0.4 is 21.5 Å². The van der Waals surface area contributed by atoms with Gasteiger partial charge in [0, 0.05) is 42.8 Å². The van der Waals surface area contributed by atoms with Crippen LogP contribution >= 0.6 is 0 Å². The third-order valence-electron chi connectivity index (χ3n) is 6.48. The molecule has 11 heteroatoms. The van der Waals surface area contributed by atoms with Crippen LogP contribution in [-0.4, -0.2) is 44.6 Å². The van der Waals surface area contributed by atoms with Gasteiger partial charge in [-0.3, -0.25) is 14.3 Å². The van der Waals surface area contributed by atoms with Gasteiger partial charge in [0.2, 0.25) is 0 Å². The van der Waals surface area contributed by atoms with Crippen LogP contribution in [-0.2, 0) is 0 Å². The first-order valence-corrected chi connectivity index (χ1v) is 12.0. The van der Waals surface area contributed by atoms with Gasteiger partial charge in [0.05, 0.1) is 16.9 Å². The minimum atomic E-state index is -0.969. The van der Waals surface area contributed by atoms with Crippen molar-refractivity contribution >= 4 is 28.2 Å². The quantitative estimate of drug-likeness (QED) is 0.428. The summed E-state index contributed by atoms with van der Waals surface area (Å²) >= 11 is 0. The number of halogens is 2. The smallest absolute Gasteiger partial charge is 0.276 e. The Labute approximate surface area is 211 Å². The first-order valence-electron chi connectivity index (χ1n) is 12.0. The minimum Gasteiger partial charge on any atom is -0.368 e. The summed E-state index contributed by atoms with van der Waals surface area (Å²) in [5.74, 6) is -2.57.